The molecule has 4 nitrogen and oxygen atoms in total. The fourth-order valence-electron chi connectivity index (χ4n) is 2.82. The lowest BCUT2D eigenvalue weighted by Gasteiger charge is -2.19. The Morgan fingerprint density at radius 2 is 2.14 bits per heavy atom. The molecular formula is C18H25NO3. The van der Waals surface area contributed by atoms with E-state index in [1.54, 1.807) is 0 Å². The summed E-state index contributed by atoms with van der Waals surface area (Å²) in [6.45, 7) is 5.08. The molecule has 1 aromatic carbocycles. The van der Waals surface area contributed by atoms with Crippen molar-refractivity contribution in [3.8, 4) is 0 Å². The van der Waals surface area contributed by atoms with Gasteiger partial charge in [-0.1, -0.05) is 38.1 Å². The number of carboxylic acids is 1. The Balaban J connectivity index is 2.17. The molecule has 2 rings (SSSR count). The van der Waals surface area contributed by atoms with Gasteiger partial charge in [0.1, 0.15) is 5.78 Å². The van der Waals surface area contributed by atoms with E-state index in [4.69, 9.17) is 1.37 Å². The van der Waals surface area contributed by atoms with Crippen molar-refractivity contribution in [3.63, 3.8) is 0 Å². The van der Waals surface area contributed by atoms with Crippen LogP contribution < -0.4 is 5.32 Å². The summed E-state index contributed by atoms with van der Waals surface area (Å²) in [5.41, 5.74) is 1.70. The van der Waals surface area contributed by atoms with Gasteiger partial charge < -0.3 is 10.4 Å². The average molecular weight is 304 g/mol. The van der Waals surface area contributed by atoms with E-state index in [9.17, 15) is 14.7 Å². The molecule has 22 heavy (non-hydrogen) atoms. The molecule has 0 spiro atoms. The molecule has 0 bridgehead atoms. The number of carbonyl (C=O) groups is 2. The monoisotopic (exact) mass is 304 g/mol. The molecule has 0 aromatic heterocycles. The van der Waals surface area contributed by atoms with Gasteiger partial charge in [0.05, 0.1) is 5.89 Å². The lowest BCUT2D eigenvalue weighted by Crippen LogP contribution is -2.27. The number of carboxylic acid groups (broad SMARTS) is 1. The third-order valence-corrected chi connectivity index (χ3v) is 4.24. The van der Waals surface area contributed by atoms with E-state index in [1.165, 1.54) is 0 Å². The van der Waals surface area contributed by atoms with E-state index in [2.05, 4.69) is 5.32 Å². The molecule has 1 aliphatic rings. The van der Waals surface area contributed by atoms with Crippen LogP contribution in [0.2, 0.25) is 0 Å². The fraction of sp³-hybridized carbons (Fsp3) is 0.556. The summed E-state index contributed by atoms with van der Waals surface area (Å²) in [5, 5.41) is 12.7. The highest BCUT2D eigenvalue weighted by molar-refractivity contribution is 5.82. The van der Waals surface area contributed by atoms with Crippen LogP contribution in [0.3, 0.4) is 0 Å². The number of nitrogens with one attached hydrogen (secondary N) is 1. The molecule has 120 valence electrons. The number of hydrogen-bond donors (Lipinski definition) is 2. The molecule has 1 fully saturated rings. The Morgan fingerprint density at radius 1 is 1.41 bits per heavy atom. The quantitative estimate of drug-likeness (QED) is 0.811. The molecule has 0 saturated carbocycles. The molecule has 0 aliphatic carbocycles. The highest BCUT2D eigenvalue weighted by Crippen LogP contribution is 2.24. The largest absolute Gasteiger partial charge is 0.481 e. The van der Waals surface area contributed by atoms with Crippen molar-refractivity contribution in [3.05, 3.63) is 35.4 Å². The number of hydrogen-bond acceptors (Lipinski definition) is 3. The Morgan fingerprint density at radius 3 is 2.73 bits per heavy atom. The number of aliphatic carboxylic acids is 1. The Bertz CT molecular complexity index is 581. The van der Waals surface area contributed by atoms with Gasteiger partial charge in [-0.15, -0.1) is 0 Å². The van der Waals surface area contributed by atoms with Gasteiger partial charge in [0.15, 0.2) is 0 Å². The first-order valence-corrected chi connectivity index (χ1v) is 7.87. The first-order chi connectivity index (χ1) is 10.8. The van der Waals surface area contributed by atoms with Crippen molar-refractivity contribution in [1.29, 1.82) is 0 Å². The maximum atomic E-state index is 11.9. The zero-order chi connectivity index (χ0) is 17.0. The summed E-state index contributed by atoms with van der Waals surface area (Å²) >= 11 is 0. The van der Waals surface area contributed by atoms with Crippen LogP contribution in [0.4, 0.5) is 0 Å². The molecule has 1 saturated heterocycles. The van der Waals surface area contributed by atoms with E-state index in [-0.39, 0.29) is 24.0 Å². The summed E-state index contributed by atoms with van der Waals surface area (Å²) in [5.74, 6) is -2.64. The van der Waals surface area contributed by atoms with Crippen LogP contribution in [0.15, 0.2) is 24.3 Å². The smallest absolute Gasteiger partial charge is 0.307 e. The van der Waals surface area contributed by atoms with Crippen molar-refractivity contribution in [1.82, 2.24) is 5.32 Å². The van der Waals surface area contributed by atoms with Crippen LogP contribution in [0.1, 0.15) is 32.8 Å². The van der Waals surface area contributed by atoms with Gasteiger partial charge in [-0.05, 0) is 43.0 Å². The van der Waals surface area contributed by atoms with Gasteiger partial charge in [0, 0.05) is 13.7 Å². The summed E-state index contributed by atoms with van der Waals surface area (Å²) in [4.78, 5) is 23.6. The first-order valence-electron chi connectivity index (χ1n) is 8.37. The van der Waals surface area contributed by atoms with E-state index >= 15 is 0 Å². The van der Waals surface area contributed by atoms with Crippen LogP contribution in [0.25, 0.3) is 0 Å². The van der Waals surface area contributed by atoms with Crippen molar-refractivity contribution in [2.24, 2.45) is 17.7 Å². The van der Waals surface area contributed by atoms with E-state index < -0.39 is 11.9 Å². The van der Waals surface area contributed by atoms with Crippen LogP contribution in [0, 0.1) is 17.7 Å². The Kier molecular flexibility index (Phi) is 5.22. The highest BCUT2D eigenvalue weighted by Gasteiger charge is 2.30. The zero-order valence-electron chi connectivity index (χ0n) is 14.3. The predicted octanol–water partition coefficient (Wildman–Crippen LogP) is 2.31. The number of Topliss-reactive ketones (excluding diaryl/α,β-unsaturated/α-hetero) is 1. The summed E-state index contributed by atoms with van der Waals surface area (Å²) < 4.78 is 8.48. The molecule has 1 aromatic rings. The number of benzene rings is 1. The van der Waals surface area contributed by atoms with Gasteiger partial charge in [0.2, 0.25) is 0 Å². The fourth-order valence-corrected chi connectivity index (χ4v) is 2.82. The topological polar surface area (TPSA) is 66.4 Å². The van der Waals surface area contributed by atoms with Crippen LogP contribution >= 0.6 is 0 Å². The van der Waals surface area contributed by atoms with Crippen LogP contribution in [-0.2, 0) is 22.4 Å². The molecule has 4 heteroatoms. The number of carbonyl (C=O) groups excluding carboxylic acids is 1. The second kappa shape index (κ2) is 7.54. The SMILES string of the molecule is [2H][C@@](Cc1cccc(CC(=O)C(C)C)c1)(C(=O)O)[C@H]1CCNC1. The van der Waals surface area contributed by atoms with Gasteiger partial charge in [-0.2, -0.15) is 0 Å². The lowest BCUT2D eigenvalue weighted by atomic mass is 9.85. The van der Waals surface area contributed by atoms with Gasteiger partial charge in [-0.3, -0.25) is 9.59 Å². The van der Waals surface area contributed by atoms with E-state index in [0.29, 0.717) is 19.4 Å². The molecule has 2 N–H and O–H groups in total. The van der Waals surface area contributed by atoms with E-state index in [0.717, 1.165) is 17.7 Å². The van der Waals surface area contributed by atoms with Crippen molar-refractivity contribution < 1.29 is 16.1 Å². The molecule has 0 amide bonds. The molecule has 0 unspecified atom stereocenters. The predicted molar refractivity (Wildman–Crippen MR) is 85.8 cm³/mol. The van der Waals surface area contributed by atoms with Gasteiger partial charge >= 0.3 is 5.97 Å². The lowest BCUT2D eigenvalue weighted by molar-refractivity contribution is -0.143. The maximum Gasteiger partial charge on any atom is 0.307 e. The third-order valence-electron chi connectivity index (χ3n) is 4.24. The average Bonchev–Trinajstić information content (AvgIpc) is 3.01. The highest BCUT2D eigenvalue weighted by atomic mass is 16.4. The second-order valence-electron chi connectivity index (χ2n) is 6.31. The van der Waals surface area contributed by atoms with Crippen LogP contribution in [-0.4, -0.2) is 29.9 Å². The Hall–Kier alpha value is -1.68. The summed E-state index contributed by atoms with van der Waals surface area (Å²) in [6, 6.07) is 7.44. The Labute approximate surface area is 133 Å². The minimum atomic E-state index is -1.52. The zero-order valence-corrected chi connectivity index (χ0v) is 13.3. The van der Waals surface area contributed by atoms with Crippen molar-refractivity contribution in [2.75, 3.05) is 13.1 Å². The number of ketones is 1. The molecule has 1 heterocycles. The third kappa shape index (κ3) is 4.41. The minimum Gasteiger partial charge on any atom is -0.481 e. The van der Waals surface area contributed by atoms with Gasteiger partial charge in [-0.25, -0.2) is 0 Å². The van der Waals surface area contributed by atoms with Crippen molar-refractivity contribution in [2.45, 2.75) is 33.1 Å². The van der Waals surface area contributed by atoms with Crippen LogP contribution in [0.5, 0.6) is 0 Å². The molecular weight excluding hydrogens is 278 g/mol. The standard InChI is InChI=1S/C18H25NO3/c1-12(2)17(20)10-14-5-3-4-13(8-14)9-16(18(21)22)15-6-7-19-11-15/h3-5,8,12,15-16,19H,6-7,9-11H2,1-2H3,(H,21,22)/t15-,16-/m0/s1/i16D. The molecule has 0 radical (unpaired) electrons. The molecule has 2 atom stereocenters. The molecule has 1 aliphatic heterocycles. The van der Waals surface area contributed by atoms with E-state index in [1.807, 2.05) is 38.1 Å². The summed E-state index contributed by atoms with van der Waals surface area (Å²) in [6.07, 6.45) is 1.23. The first kappa shape index (κ1) is 15.2. The minimum absolute atomic E-state index is 0.0162. The maximum absolute atomic E-state index is 11.9. The number of rotatable bonds is 7. The van der Waals surface area contributed by atoms with Crippen molar-refractivity contribution >= 4 is 11.8 Å². The normalized spacial score (nSPS) is 21.4. The summed E-state index contributed by atoms with van der Waals surface area (Å²) in [7, 11) is 0. The van der Waals surface area contributed by atoms with Gasteiger partial charge in [0.25, 0.3) is 0 Å². The second-order valence-corrected chi connectivity index (χ2v) is 6.31.